The topological polar surface area (TPSA) is 58.3 Å². The third-order valence-corrected chi connectivity index (χ3v) is 3.88. The van der Waals surface area contributed by atoms with Crippen molar-refractivity contribution in [3.05, 3.63) is 9.78 Å². The molecule has 0 aromatic rings. The normalized spacial score (nSPS) is 31.3. The van der Waals surface area contributed by atoms with E-state index in [4.69, 9.17) is 5.73 Å². The molecule has 0 aromatic heterocycles. The number of halogens is 1. The maximum Gasteiger partial charge on any atom is 0.0541 e. The van der Waals surface area contributed by atoms with Crippen LogP contribution in [0.5, 0.6) is 0 Å². The van der Waals surface area contributed by atoms with Crippen molar-refractivity contribution >= 4 is 22.6 Å². The minimum Gasteiger partial charge on any atom is -0.393 e. The smallest absolute Gasteiger partial charge is 0.0541 e. The molecule has 1 fully saturated rings. The van der Waals surface area contributed by atoms with Gasteiger partial charge in [0.15, 0.2) is 0 Å². The SMILES string of the molecule is CC(N)C(I)=CNC1CCC(O)CC1. The largest absolute Gasteiger partial charge is 0.393 e. The van der Waals surface area contributed by atoms with Crippen molar-refractivity contribution in [3.63, 3.8) is 0 Å². The number of hydrogen-bond acceptors (Lipinski definition) is 3. The van der Waals surface area contributed by atoms with Crippen LogP contribution < -0.4 is 11.1 Å². The molecule has 0 amide bonds. The van der Waals surface area contributed by atoms with Gasteiger partial charge >= 0.3 is 0 Å². The molecule has 4 N–H and O–H groups in total. The van der Waals surface area contributed by atoms with Gasteiger partial charge in [-0.3, -0.25) is 0 Å². The minimum atomic E-state index is -0.0791. The number of aliphatic hydroxyl groups excluding tert-OH is 1. The molecule has 0 bridgehead atoms. The summed E-state index contributed by atoms with van der Waals surface area (Å²) >= 11 is 2.26. The first kappa shape index (κ1) is 12.3. The summed E-state index contributed by atoms with van der Waals surface area (Å²) in [5, 5.41) is 12.7. The number of nitrogens with one attached hydrogen (secondary N) is 1. The first-order valence-electron chi connectivity index (χ1n) is 5.15. The Balaban J connectivity index is 2.28. The average Bonchev–Trinajstić information content (AvgIpc) is 2.16. The fourth-order valence-corrected chi connectivity index (χ4v) is 1.75. The lowest BCUT2D eigenvalue weighted by Gasteiger charge is -2.25. The second-order valence-corrected chi connectivity index (χ2v) is 5.24. The van der Waals surface area contributed by atoms with Gasteiger partial charge in [-0.15, -0.1) is 0 Å². The summed E-state index contributed by atoms with van der Waals surface area (Å²) < 4.78 is 1.15. The van der Waals surface area contributed by atoms with Crippen LogP contribution in [-0.4, -0.2) is 23.3 Å². The fraction of sp³-hybridized carbons (Fsp3) is 0.800. The van der Waals surface area contributed by atoms with Crippen molar-refractivity contribution in [1.82, 2.24) is 5.32 Å². The molecule has 0 saturated heterocycles. The molecule has 0 heterocycles. The average molecular weight is 310 g/mol. The molecular weight excluding hydrogens is 291 g/mol. The number of nitrogens with two attached hydrogens (primary N) is 1. The molecule has 0 aromatic carbocycles. The molecule has 1 atom stereocenters. The van der Waals surface area contributed by atoms with Crippen LogP contribution in [-0.2, 0) is 0 Å². The van der Waals surface area contributed by atoms with Crippen LogP contribution in [0.1, 0.15) is 32.6 Å². The van der Waals surface area contributed by atoms with Gasteiger partial charge in [-0.1, -0.05) is 0 Å². The van der Waals surface area contributed by atoms with E-state index in [1.807, 2.05) is 13.1 Å². The molecule has 1 saturated carbocycles. The Labute approximate surface area is 99.3 Å². The third kappa shape index (κ3) is 4.14. The van der Waals surface area contributed by atoms with E-state index in [9.17, 15) is 5.11 Å². The highest BCUT2D eigenvalue weighted by molar-refractivity contribution is 14.1. The Kier molecular flexibility index (Phi) is 5.19. The number of aliphatic hydroxyl groups is 1. The van der Waals surface area contributed by atoms with Crippen molar-refractivity contribution in [3.8, 4) is 0 Å². The number of rotatable bonds is 3. The van der Waals surface area contributed by atoms with Crippen LogP contribution in [0, 0.1) is 0 Å². The highest BCUT2D eigenvalue weighted by Gasteiger charge is 2.17. The highest BCUT2D eigenvalue weighted by Crippen LogP contribution is 2.19. The van der Waals surface area contributed by atoms with Crippen molar-refractivity contribution in [1.29, 1.82) is 0 Å². The van der Waals surface area contributed by atoms with Gasteiger partial charge in [-0.25, -0.2) is 0 Å². The lowest BCUT2D eigenvalue weighted by molar-refractivity contribution is 0.119. The van der Waals surface area contributed by atoms with Gasteiger partial charge in [0, 0.05) is 21.9 Å². The van der Waals surface area contributed by atoms with Crippen LogP contribution in [0.15, 0.2) is 9.78 Å². The first-order chi connectivity index (χ1) is 6.59. The van der Waals surface area contributed by atoms with Gasteiger partial charge in [0.2, 0.25) is 0 Å². The van der Waals surface area contributed by atoms with Crippen molar-refractivity contribution in [2.45, 2.75) is 50.8 Å². The molecule has 14 heavy (non-hydrogen) atoms. The van der Waals surface area contributed by atoms with Gasteiger partial charge < -0.3 is 16.2 Å². The van der Waals surface area contributed by atoms with Crippen molar-refractivity contribution in [2.24, 2.45) is 5.73 Å². The molecule has 1 aliphatic rings. The van der Waals surface area contributed by atoms with Gasteiger partial charge in [-0.2, -0.15) is 0 Å². The Bertz CT molecular complexity index is 198. The molecule has 1 rings (SSSR count). The minimum absolute atomic E-state index is 0.0791. The summed E-state index contributed by atoms with van der Waals surface area (Å²) in [4.78, 5) is 0. The predicted octanol–water partition coefficient (Wildman–Crippen LogP) is 1.50. The van der Waals surface area contributed by atoms with E-state index in [1.54, 1.807) is 0 Å². The van der Waals surface area contributed by atoms with Gasteiger partial charge in [0.1, 0.15) is 0 Å². The van der Waals surface area contributed by atoms with Crippen LogP contribution in [0.4, 0.5) is 0 Å². The maximum atomic E-state index is 9.33. The molecule has 0 radical (unpaired) electrons. The van der Waals surface area contributed by atoms with Crippen molar-refractivity contribution < 1.29 is 5.11 Å². The zero-order valence-corrected chi connectivity index (χ0v) is 10.7. The maximum absolute atomic E-state index is 9.33. The Hall–Kier alpha value is 0.190. The summed E-state index contributed by atoms with van der Waals surface area (Å²) in [5.41, 5.74) is 5.72. The summed E-state index contributed by atoms with van der Waals surface area (Å²) in [6, 6.07) is 0.624. The predicted molar refractivity (Wildman–Crippen MR) is 67.2 cm³/mol. The second-order valence-electron chi connectivity index (χ2n) is 3.99. The molecule has 0 spiro atoms. The van der Waals surface area contributed by atoms with E-state index < -0.39 is 0 Å². The third-order valence-electron chi connectivity index (χ3n) is 2.59. The first-order valence-corrected chi connectivity index (χ1v) is 6.22. The summed E-state index contributed by atoms with van der Waals surface area (Å²) in [7, 11) is 0. The molecule has 3 nitrogen and oxygen atoms in total. The summed E-state index contributed by atoms with van der Waals surface area (Å²) in [6.45, 7) is 1.98. The quantitative estimate of drug-likeness (QED) is 0.693. The van der Waals surface area contributed by atoms with Gasteiger partial charge in [0.25, 0.3) is 0 Å². The zero-order chi connectivity index (χ0) is 10.6. The highest BCUT2D eigenvalue weighted by atomic mass is 127. The second kappa shape index (κ2) is 5.92. The molecule has 4 heteroatoms. The summed E-state index contributed by atoms with van der Waals surface area (Å²) in [6.07, 6.45) is 5.87. The lowest BCUT2D eigenvalue weighted by Crippen LogP contribution is -2.32. The summed E-state index contributed by atoms with van der Waals surface area (Å²) in [5.74, 6) is 0. The molecular formula is C10H19IN2O. The van der Waals surface area contributed by atoms with E-state index in [2.05, 4.69) is 27.9 Å². The number of hydrogen-bond donors (Lipinski definition) is 3. The van der Waals surface area contributed by atoms with Gasteiger partial charge in [-0.05, 0) is 55.2 Å². The van der Waals surface area contributed by atoms with E-state index in [-0.39, 0.29) is 12.1 Å². The van der Waals surface area contributed by atoms with Crippen LogP contribution >= 0.6 is 22.6 Å². The standard InChI is InChI=1S/C10H19IN2O/c1-7(12)10(11)6-13-8-2-4-9(14)5-3-8/h6-9,13-14H,2-5,12H2,1H3. The van der Waals surface area contributed by atoms with Crippen LogP contribution in [0.2, 0.25) is 0 Å². The molecule has 82 valence electrons. The molecule has 1 aliphatic carbocycles. The fourth-order valence-electron chi connectivity index (χ4n) is 1.57. The Morgan fingerprint density at radius 1 is 1.50 bits per heavy atom. The van der Waals surface area contributed by atoms with Crippen LogP contribution in [0.25, 0.3) is 0 Å². The van der Waals surface area contributed by atoms with Crippen molar-refractivity contribution in [2.75, 3.05) is 0 Å². The Morgan fingerprint density at radius 2 is 2.07 bits per heavy atom. The van der Waals surface area contributed by atoms with E-state index in [0.29, 0.717) is 6.04 Å². The lowest BCUT2D eigenvalue weighted by atomic mass is 9.93. The van der Waals surface area contributed by atoms with Crippen LogP contribution in [0.3, 0.4) is 0 Å². The van der Waals surface area contributed by atoms with E-state index >= 15 is 0 Å². The monoisotopic (exact) mass is 310 g/mol. The zero-order valence-electron chi connectivity index (χ0n) is 8.54. The van der Waals surface area contributed by atoms with E-state index in [0.717, 1.165) is 29.3 Å². The molecule has 1 unspecified atom stereocenters. The van der Waals surface area contributed by atoms with E-state index in [1.165, 1.54) is 0 Å². The Morgan fingerprint density at radius 3 is 2.57 bits per heavy atom. The molecule has 0 aliphatic heterocycles. The van der Waals surface area contributed by atoms with Gasteiger partial charge in [0.05, 0.1) is 6.10 Å².